The van der Waals surface area contributed by atoms with Gasteiger partial charge in [-0.2, -0.15) is 0 Å². The maximum Gasteiger partial charge on any atom is 0.273 e. The van der Waals surface area contributed by atoms with E-state index >= 15 is 0 Å². The molecule has 3 aliphatic rings. The number of fused-ring (bicyclic) bond motifs is 4. The summed E-state index contributed by atoms with van der Waals surface area (Å²) in [5, 5.41) is 4.10. The Morgan fingerprint density at radius 2 is 2.00 bits per heavy atom. The highest BCUT2D eigenvalue weighted by molar-refractivity contribution is 9.10. The summed E-state index contributed by atoms with van der Waals surface area (Å²) in [6, 6.07) is 5.10. The molecule has 32 heavy (non-hydrogen) atoms. The number of nitrogens with zero attached hydrogens (tertiary/aromatic N) is 3. The van der Waals surface area contributed by atoms with Gasteiger partial charge in [-0.1, -0.05) is 18.2 Å². The van der Waals surface area contributed by atoms with Gasteiger partial charge < -0.3 is 9.88 Å². The predicted octanol–water partition coefficient (Wildman–Crippen LogP) is 5.49. The van der Waals surface area contributed by atoms with Crippen molar-refractivity contribution in [1.82, 2.24) is 14.5 Å². The van der Waals surface area contributed by atoms with Crippen LogP contribution in [0.2, 0.25) is 0 Å². The van der Waals surface area contributed by atoms with Crippen molar-refractivity contribution < 1.29 is 8.78 Å². The molecule has 5 nitrogen and oxygen atoms in total. The number of halogens is 3. The van der Waals surface area contributed by atoms with Crippen LogP contribution in [-0.4, -0.2) is 14.5 Å². The van der Waals surface area contributed by atoms with E-state index in [0.29, 0.717) is 34.7 Å². The molecule has 3 aromatic rings. The second-order valence-electron chi connectivity index (χ2n) is 9.48. The highest BCUT2D eigenvalue weighted by Gasteiger charge is 2.47. The molecule has 8 heteroatoms. The molecular weight excluding hydrogens is 478 g/mol. The van der Waals surface area contributed by atoms with E-state index < -0.39 is 5.92 Å². The van der Waals surface area contributed by atoms with Crippen molar-refractivity contribution in [2.75, 3.05) is 5.32 Å². The van der Waals surface area contributed by atoms with Crippen molar-refractivity contribution in [1.29, 1.82) is 0 Å². The van der Waals surface area contributed by atoms with Gasteiger partial charge in [-0.25, -0.2) is 18.7 Å². The fourth-order valence-electron chi connectivity index (χ4n) is 6.11. The molecular formula is C24H23BrF2N4O. The van der Waals surface area contributed by atoms with Crippen molar-refractivity contribution in [3.63, 3.8) is 0 Å². The zero-order valence-electron chi connectivity index (χ0n) is 17.5. The molecule has 0 saturated heterocycles. The minimum absolute atomic E-state index is 0.0483. The lowest BCUT2D eigenvalue weighted by atomic mass is 9.93. The SMILES string of the molecule is O=c1c(Br)c2ncnc(NCc3cccc4c3CCC4(F)F)c2cn1C12CCC(CC1)C2. The van der Waals surface area contributed by atoms with Crippen LogP contribution in [0.15, 0.2) is 40.0 Å². The summed E-state index contributed by atoms with van der Waals surface area (Å²) in [6.07, 6.45) is 9.00. The minimum Gasteiger partial charge on any atom is -0.365 e. The molecule has 1 N–H and O–H groups in total. The number of benzene rings is 1. The quantitative estimate of drug-likeness (QED) is 0.514. The molecule has 2 aromatic heterocycles. The fourth-order valence-corrected chi connectivity index (χ4v) is 6.62. The maximum absolute atomic E-state index is 14.2. The normalized spacial score (nSPS) is 25.4. The second kappa shape index (κ2) is 7.07. The summed E-state index contributed by atoms with van der Waals surface area (Å²) >= 11 is 3.49. The Bertz CT molecular complexity index is 1300. The van der Waals surface area contributed by atoms with Crippen LogP contribution in [0, 0.1) is 5.92 Å². The van der Waals surface area contributed by atoms with Gasteiger partial charge in [0.2, 0.25) is 0 Å². The zero-order valence-corrected chi connectivity index (χ0v) is 19.1. The Labute approximate surface area is 192 Å². The third kappa shape index (κ3) is 2.95. The first-order valence-electron chi connectivity index (χ1n) is 11.2. The van der Waals surface area contributed by atoms with Crippen LogP contribution in [0.5, 0.6) is 0 Å². The van der Waals surface area contributed by atoms with Gasteiger partial charge in [0.15, 0.2) is 0 Å². The fraction of sp³-hybridized carbons (Fsp3) is 0.458. The molecule has 0 radical (unpaired) electrons. The average Bonchev–Trinajstić information content (AvgIpc) is 3.49. The number of pyridine rings is 1. The van der Waals surface area contributed by atoms with Gasteiger partial charge in [0.1, 0.15) is 16.6 Å². The molecule has 2 saturated carbocycles. The van der Waals surface area contributed by atoms with Gasteiger partial charge in [-0.05, 0) is 71.5 Å². The summed E-state index contributed by atoms with van der Waals surface area (Å²) in [4.78, 5) is 22.0. The van der Waals surface area contributed by atoms with Crippen molar-refractivity contribution in [3.05, 3.63) is 62.2 Å². The van der Waals surface area contributed by atoms with Crippen LogP contribution < -0.4 is 10.9 Å². The number of anilines is 1. The Balaban J connectivity index is 1.39. The third-order valence-corrected chi connectivity index (χ3v) is 8.49. The molecule has 0 atom stereocenters. The van der Waals surface area contributed by atoms with Crippen LogP contribution in [0.25, 0.3) is 10.9 Å². The lowest BCUT2D eigenvalue weighted by Gasteiger charge is -2.30. The molecule has 3 aliphatic carbocycles. The smallest absolute Gasteiger partial charge is 0.273 e. The maximum atomic E-state index is 14.2. The van der Waals surface area contributed by atoms with Crippen molar-refractivity contribution in [3.8, 4) is 0 Å². The first-order valence-corrected chi connectivity index (χ1v) is 12.0. The van der Waals surface area contributed by atoms with Crippen molar-refractivity contribution >= 4 is 32.7 Å². The van der Waals surface area contributed by atoms with Crippen LogP contribution in [-0.2, 0) is 24.4 Å². The number of nitrogens with one attached hydrogen (secondary N) is 1. The number of alkyl halides is 2. The topological polar surface area (TPSA) is 59.8 Å². The second-order valence-corrected chi connectivity index (χ2v) is 10.3. The molecule has 0 unspecified atom stereocenters. The summed E-state index contributed by atoms with van der Waals surface area (Å²) in [5.41, 5.74) is 2.12. The molecule has 0 spiro atoms. The number of hydrogen-bond acceptors (Lipinski definition) is 4. The zero-order chi connectivity index (χ0) is 22.1. The van der Waals surface area contributed by atoms with E-state index in [-0.39, 0.29) is 23.1 Å². The van der Waals surface area contributed by atoms with Gasteiger partial charge in [0, 0.05) is 30.3 Å². The Hall–Kier alpha value is -2.35. The van der Waals surface area contributed by atoms with E-state index in [1.54, 1.807) is 6.07 Å². The highest BCUT2D eigenvalue weighted by Crippen LogP contribution is 2.52. The van der Waals surface area contributed by atoms with Crippen molar-refractivity contribution in [2.24, 2.45) is 5.92 Å². The molecule has 0 aliphatic heterocycles. The summed E-state index contributed by atoms with van der Waals surface area (Å²) in [6.45, 7) is 0.384. The summed E-state index contributed by atoms with van der Waals surface area (Å²) < 4.78 is 30.7. The Kier molecular flexibility index (Phi) is 4.48. The Morgan fingerprint density at radius 3 is 2.75 bits per heavy atom. The van der Waals surface area contributed by atoms with Gasteiger partial charge in [0.25, 0.3) is 11.5 Å². The standard InChI is InChI=1S/C24H23BrF2N4O/c25-19-20-17(12-31(22(19)32)23-7-4-14(10-23)5-8-23)21(30-13-29-20)28-11-15-2-1-3-18-16(15)6-9-24(18,26)27/h1-3,12-14H,4-11H2,(H,28,29,30). The molecule has 1 aromatic carbocycles. The van der Waals surface area contributed by atoms with E-state index in [0.717, 1.165) is 35.8 Å². The van der Waals surface area contributed by atoms with Gasteiger partial charge in [-0.3, -0.25) is 4.79 Å². The highest BCUT2D eigenvalue weighted by atomic mass is 79.9. The first kappa shape index (κ1) is 20.3. The summed E-state index contributed by atoms with van der Waals surface area (Å²) in [7, 11) is 0. The van der Waals surface area contributed by atoms with E-state index in [1.165, 1.54) is 25.2 Å². The number of hydrogen-bond donors (Lipinski definition) is 1. The van der Waals surface area contributed by atoms with Gasteiger partial charge in [-0.15, -0.1) is 0 Å². The third-order valence-electron chi connectivity index (χ3n) is 7.77. The molecule has 2 fully saturated rings. The molecule has 2 heterocycles. The van der Waals surface area contributed by atoms with E-state index in [9.17, 15) is 13.6 Å². The minimum atomic E-state index is -2.76. The number of rotatable bonds is 4. The summed E-state index contributed by atoms with van der Waals surface area (Å²) in [5.74, 6) is -1.44. The predicted molar refractivity (Wildman–Crippen MR) is 122 cm³/mol. The van der Waals surface area contributed by atoms with E-state index in [4.69, 9.17) is 0 Å². The molecule has 0 amide bonds. The van der Waals surface area contributed by atoms with Crippen LogP contribution >= 0.6 is 15.9 Å². The lowest BCUT2D eigenvalue weighted by molar-refractivity contribution is -0.00184. The van der Waals surface area contributed by atoms with Crippen LogP contribution in [0.4, 0.5) is 14.6 Å². The molecule has 166 valence electrons. The molecule has 6 rings (SSSR count). The first-order chi connectivity index (χ1) is 15.4. The number of aromatic nitrogens is 3. The lowest BCUT2D eigenvalue weighted by Crippen LogP contribution is -2.38. The van der Waals surface area contributed by atoms with Gasteiger partial charge in [0.05, 0.1) is 10.9 Å². The van der Waals surface area contributed by atoms with Crippen molar-refractivity contribution in [2.45, 2.75) is 63.0 Å². The molecule has 2 bridgehead atoms. The van der Waals surface area contributed by atoms with E-state index in [2.05, 4.69) is 31.2 Å². The monoisotopic (exact) mass is 500 g/mol. The van der Waals surface area contributed by atoms with E-state index in [1.807, 2.05) is 16.8 Å². The largest absolute Gasteiger partial charge is 0.365 e. The van der Waals surface area contributed by atoms with Crippen LogP contribution in [0.1, 0.15) is 55.2 Å². The average molecular weight is 501 g/mol. The Morgan fingerprint density at radius 1 is 1.19 bits per heavy atom. The van der Waals surface area contributed by atoms with Gasteiger partial charge >= 0.3 is 0 Å². The van der Waals surface area contributed by atoms with Crippen LogP contribution in [0.3, 0.4) is 0 Å².